The van der Waals surface area contributed by atoms with Gasteiger partial charge in [-0.05, 0) is 38.8 Å². The van der Waals surface area contributed by atoms with Crippen LogP contribution < -0.4 is 15.4 Å². The number of nitrogens with zero attached hydrogens (tertiary/aromatic N) is 1. The summed E-state index contributed by atoms with van der Waals surface area (Å²) in [6.07, 6.45) is 2.19. The molecule has 0 radical (unpaired) electrons. The normalized spacial score (nSPS) is 11.5. The maximum Gasteiger partial charge on any atom is 0.263 e. The summed E-state index contributed by atoms with van der Waals surface area (Å²) in [5.41, 5.74) is 0.767. The van der Waals surface area contributed by atoms with Gasteiger partial charge in [0.05, 0.1) is 7.11 Å². The standard InChI is InChI=1S/C17H23N3O2/c1-17(2,3)20-16(21)14(11-18)12-19-10-9-13-7-5-6-8-15(13)22-4/h5-8,12,19H,9-10H2,1-4H3,(H,20,21)/b14-12-. The topological polar surface area (TPSA) is 74.1 Å². The quantitative estimate of drug-likeness (QED) is 0.480. The summed E-state index contributed by atoms with van der Waals surface area (Å²) in [6, 6.07) is 9.67. The summed E-state index contributed by atoms with van der Waals surface area (Å²) in [6.45, 7) is 6.22. The third kappa shape index (κ3) is 5.88. The number of methoxy groups -OCH3 is 1. The predicted molar refractivity (Wildman–Crippen MR) is 86.3 cm³/mol. The van der Waals surface area contributed by atoms with Gasteiger partial charge in [0, 0.05) is 18.3 Å². The van der Waals surface area contributed by atoms with Crippen molar-refractivity contribution in [1.29, 1.82) is 5.26 Å². The van der Waals surface area contributed by atoms with Gasteiger partial charge in [-0.25, -0.2) is 0 Å². The van der Waals surface area contributed by atoms with Crippen LogP contribution in [0.4, 0.5) is 0 Å². The van der Waals surface area contributed by atoms with Gasteiger partial charge in [0.15, 0.2) is 0 Å². The Hall–Kier alpha value is -2.48. The summed E-state index contributed by atoms with van der Waals surface area (Å²) in [5, 5.41) is 14.8. The van der Waals surface area contributed by atoms with E-state index >= 15 is 0 Å². The molecule has 5 nitrogen and oxygen atoms in total. The number of carbonyl (C=O) groups is 1. The van der Waals surface area contributed by atoms with E-state index in [-0.39, 0.29) is 17.0 Å². The molecule has 0 unspecified atom stereocenters. The zero-order valence-corrected chi connectivity index (χ0v) is 13.6. The number of ether oxygens (including phenoxy) is 1. The lowest BCUT2D eigenvalue weighted by atomic mass is 10.1. The summed E-state index contributed by atoms with van der Waals surface area (Å²) in [5.74, 6) is 0.457. The number of para-hydroxylation sites is 1. The molecule has 1 rings (SSSR count). The maximum absolute atomic E-state index is 11.9. The van der Waals surface area contributed by atoms with Gasteiger partial charge < -0.3 is 15.4 Å². The van der Waals surface area contributed by atoms with Crippen molar-refractivity contribution in [2.24, 2.45) is 0 Å². The van der Waals surface area contributed by atoms with Crippen molar-refractivity contribution in [1.82, 2.24) is 10.6 Å². The van der Waals surface area contributed by atoms with Crippen LogP contribution in [0.2, 0.25) is 0 Å². The molecule has 0 aliphatic carbocycles. The van der Waals surface area contributed by atoms with Gasteiger partial charge in [0.25, 0.3) is 5.91 Å². The Morgan fingerprint density at radius 3 is 2.64 bits per heavy atom. The molecule has 0 saturated heterocycles. The van der Waals surface area contributed by atoms with E-state index in [1.54, 1.807) is 7.11 Å². The van der Waals surface area contributed by atoms with Crippen LogP contribution in [0.5, 0.6) is 5.75 Å². The molecule has 1 amide bonds. The molecule has 0 spiro atoms. The molecule has 22 heavy (non-hydrogen) atoms. The number of carbonyl (C=O) groups excluding carboxylic acids is 1. The van der Waals surface area contributed by atoms with Crippen LogP contribution in [0, 0.1) is 11.3 Å². The first-order chi connectivity index (χ1) is 10.4. The lowest BCUT2D eigenvalue weighted by Gasteiger charge is -2.20. The van der Waals surface area contributed by atoms with E-state index in [1.807, 2.05) is 51.1 Å². The molecule has 0 atom stereocenters. The summed E-state index contributed by atoms with van der Waals surface area (Å²) < 4.78 is 5.28. The zero-order valence-electron chi connectivity index (χ0n) is 13.6. The van der Waals surface area contributed by atoms with Gasteiger partial charge in [-0.1, -0.05) is 18.2 Å². The highest BCUT2D eigenvalue weighted by Crippen LogP contribution is 2.17. The molecular formula is C17H23N3O2. The van der Waals surface area contributed by atoms with Gasteiger partial charge in [-0.2, -0.15) is 5.26 Å². The third-order valence-electron chi connectivity index (χ3n) is 2.83. The van der Waals surface area contributed by atoms with Crippen molar-refractivity contribution in [2.75, 3.05) is 13.7 Å². The first-order valence-electron chi connectivity index (χ1n) is 7.15. The first-order valence-corrected chi connectivity index (χ1v) is 7.15. The molecule has 0 aliphatic heterocycles. The fourth-order valence-corrected chi connectivity index (χ4v) is 1.85. The average Bonchev–Trinajstić information content (AvgIpc) is 2.45. The maximum atomic E-state index is 11.9. The van der Waals surface area contributed by atoms with Crippen LogP contribution >= 0.6 is 0 Å². The van der Waals surface area contributed by atoms with E-state index in [0.717, 1.165) is 17.7 Å². The number of nitrogens with one attached hydrogen (secondary N) is 2. The van der Waals surface area contributed by atoms with Crippen molar-refractivity contribution < 1.29 is 9.53 Å². The lowest BCUT2D eigenvalue weighted by Crippen LogP contribution is -2.41. The number of hydrogen-bond acceptors (Lipinski definition) is 4. The van der Waals surface area contributed by atoms with Crippen molar-refractivity contribution in [3.05, 3.63) is 41.6 Å². The fourth-order valence-electron chi connectivity index (χ4n) is 1.85. The number of rotatable bonds is 6. The minimum absolute atomic E-state index is 0.0648. The second-order valence-electron chi connectivity index (χ2n) is 5.89. The molecule has 0 bridgehead atoms. The van der Waals surface area contributed by atoms with E-state index < -0.39 is 0 Å². The van der Waals surface area contributed by atoms with Crippen LogP contribution in [0.25, 0.3) is 0 Å². The smallest absolute Gasteiger partial charge is 0.263 e. The summed E-state index contributed by atoms with van der Waals surface area (Å²) in [4.78, 5) is 11.9. The molecule has 1 aromatic carbocycles. The molecule has 2 N–H and O–H groups in total. The van der Waals surface area contributed by atoms with Crippen LogP contribution in [-0.2, 0) is 11.2 Å². The van der Waals surface area contributed by atoms with Crippen molar-refractivity contribution in [2.45, 2.75) is 32.7 Å². The first kappa shape index (κ1) is 17.6. The van der Waals surface area contributed by atoms with E-state index in [9.17, 15) is 4.79 Å². The molecule has 5 heteroatoms. The third-order valence-corrected chi connectivity index (χ3v) is 2.83. The molecule has 0 saturated carbocycles. The second kappa shape index (κ2) is 8.08. The van der Waals surface area contributed by atoms with Crippen LogP contribution in [0.15, 0.2) is 36.0 Å². The molecular weight excluding hydrogens is 278 g/mol. The SMILES string of the molecule is COc1ccccc1CCN/C=C(/C#N)C(=O)NC(C)(C)C. The number of nitriles is 1. The van der Waals surface area contributed by atoms with Crippen molar-refractivity contribution >= 4 is 5.91 Å². The Balaban J connectivity index is 2.56. The zero-order chi connectivity index (χ0) is 16.6. The van der Waals surface area contributed by atoms with Crippen LogP contribution in [0.3, 0.4) is 0 Å². The predicted octanol–water partition coefficient (Wildman–Crippen LogP) is 2.15. The van der Waals surface area contributed by atoms with Gasteiger partial charge in [-0.3, -0.25) is 4.79 Å². The number of benzene rings is 1. The minimum atomic E-state index is -0.375. The van der Waals surface area contributed by atoms with Crippen LogP contribution in [0.1, 0.15) is 26.3 Å². The van der Waals surface area contributed by atoms with Crippen LogP contribution in [-0.4, -0.2) is 25.1 Å². The Labute approximate surface area is 132 Å². The Kier molecular flexibility index (Phi) is 6.46. The minimum Gasteiger partial charge on any atom is -0.496 e. The van der Waals surface area contributed by atoms with Crippen molar-refractivity contribution in [3.63, 3.8) is 0 Å². The van der Waals surface area contributed by atoms with E-state index in [1.165, 1.54) is 6.20 Å². The van der Waals surface area contributed by atoms with E-state index in [4.69, 9.17) is 10.00 Å². The number of amides is 1. The Bertz CT molecular complexity index is 580. The summed E-state index contributed by atoms with van der Waals surface area (Å²) in [7, 11) is 1.64. The highest BCUT2D eigenvalue weighted by molar-refractivity contribution is 5.97. The van der Waals surface area contributed by atoms with Gasteiger partial charge in [-0.15, -0.1) is 0 Å². The van der Waals surface area contributed by atoms with Gasteiger partial charge >= 0.3 is 0 Å². The fraction of sp³-hybridized carbons (Fsp3) is 0.412. The molecule has 1 aromatic rings. The van der Waals surface area contributed by atoms with E-state index in [2.05, 4.69) is 10.6 Å². The largest absolute Gasteiger partial charge is 0.496 e. The Morgan fingerprint density at radius 1 is 1.36 bits per heavy atom. The van der Waals surface area contributed by atoms with Gasteiger partial charge in [0.1, 0.15) is 17.4 Å². The Morgan fingerprint density at radius 2 is 2.05 bits per heavy atom. The lowest BCUT2D eigenvalue weighted by molar-refractivity contribution is -0.118. The second-order valence-corrected chi connectivity index (χ2v) is 5.89. The monoisotopic (exact) mass is 301 g/mol. The summed E-state index contributed by atoms with van der Waals surface area (Å²) >= 11 is 0. The molecule has 0 aromatic heterocycles. The highest BCUT2D eigenvalue weighted by atomic mass is 16.5. The molecule has 0 fully saturated rings. The van der Waals surface area contributed by atoms with E-state index in [0.29, 0.717) is 6.54 Å². The van der Waals surface area contributed by atoms with Gasteiger partial charge in [0.2, 0.25) is 0 Å². The molecule has 0 heterocycles. The number of hydrogen-bond donors (Lipinski definition) is 2. The molecule has 0 aliphatic rings. The average molecular weight is 301 g/mol. The highest BCUT2D eigenvalue weighted by Gasteiger charge is 2.16. The van der Waals surface area contributed by atoms with Crippen molar-refractivity contribution in [3.8, 4) is 11.8 Å². The molecule has 118 valence electrons.